The Balaban J connectivity index is 1.67. The molecule has 21 heavy (non-hydrogen) atoms. The molecule has 3 nitrogen and oxygen atoms in total. The molecule has 2 heterocycles. The Labute approximate surface area is 123 Å². The molecule has 1 amide bonds. The summed E-state index contributed by atoms with van der Waals surface area (Å²) in [5.41, 5.74) is 1.71. The van der Waals surface area contributed by atoms with Crippen molar-refractivity contribution in [1.82, 2.24) is 10.2 Å². The average molecular weight is 294 g/mol. The molecule has 0 radical (unpaired) electrons. The number of alkyl halides is 2. The lowest BCUT2D eigenvalue weighted by molar-refractivity contribution is 0.0120. The van der Waals surface area contributed by atoms with Gasteiger partial charge in [0.05, 0.1) is 6.54 Å². The van der Waals surface area contributed by atoms with E-state index < -0.39 is 12.5 Å². The van der Waals surface area contributed by atoms with E-state index in [2.05, 4.69) is 5.32 Å². The van der Waals surface area contributed by atoms with Gasteiger partial charge in [-0.3, -0.25) is 4.79 Å². The Hall–Kier alpha value is -1.49. The highest BCUT2D eigenvalue weighted by Gasteiger charge is 2.40. The third-order valence-electron chi connectivity index (χ3n) is 4.38. The number of nitrogens with one attached hydrogen (secondary N) is 1. The first-order valence-electron chi connectivity index (χ1n) is 7.53. The van der Waals surface area contributed by atoms with Crippen LogP contribution in [0.25, 0.3) is 0 Å². The van der Waals surface area contributed by atoms with Gasteiger partial charge in [0, 0.05) is 25.1 Å². The van der Waals surface area contributed by atoms with Gasteiger partial charge in [-0.2, -0.15) is 0 Å². The standard InChI is InChI=1S/C16H20F2N2O/c17-16(18)7-9-20(11-16)15(21)13-5-3-12(4-6-13)14-2-1-8-19-10-14/h3-6,14,19H,1-2,7-11H2. The van der Waals surface area contributed by atoms with Gasteiger partial charge in [0.1, 0.15) is 0 Å². The summed E-state index contributed by atoms with van der Waals surface area (Å²) in [6.45, 7) is 1.71. The van der Waals surface area contributed by atoms with Crippen LogP contribution in [0, 0.1) is 0 Å². The van der Waals surface area contributed by atoms with Gasteiger partial charge in [-0.1, -0.05) is 12.1 Å². The molecule has 2 aliphatic heterocycles. The number of halogens is 2. The Kier molecular flexibility index (Phi) is 3.93. The molecule has 0 aliphatic carbocycles. The number of likely N-dealkylation sites (tertiary alicyclic amines) is 1. The molecule has 5 heteroatoms. The van der Waals surface area contributed by atoms with Gasteiger partial charge in [0.2, 0.25) is 0 Å². The Bertz CT molecular complexity index is 510. The summed E-state index contributed by atoms with van der Waals surface area (Å²) in [5.74, 6) is -2.54. The molecule has 0 aromatic heterocycles. The van der Waals surface area contributed by atoms with E-state index in [4.69, 9.17) is 0 Å². The molecule has 2 saturated heterocycles. The summed E-state index contributed by atoms with van der Waals surface area (Å²) < 4.78 is 26.4. The van der Waals surface area contributed by atoms with Crippen molar-refractivity contribution in [3.8, 4) is 0 Å². The molecular weight excluding hydrogens is 274 g/mol. The smallest absolute Gasteiger partial charge is 0.267 e. The number of rotatable bonds is 2. The molecule has 0 bridgehead atoms. The van der Waals surface area contributed by atoms with E-state index in [1.807, 2.05) is 12.1 Å². The van der Waals surface area contributed by atoms with E-state index in [-0.39, 0.29) is 18.9 Å². The fourth-order valence-corrected chi connectivity index (χ4v) is 3.13. The Morgan fingerprint density at radius 3 is 2.62 bits per heavy atom. The Morgan fingerprint density at radius 2 is 2.05 bits per heavy atom. The van der Waals surface area contributed by atoms with Crippen molar-refractivity contribution in [1.29, 1.82) is 0 Å². The first kappa shape index (κ1) is 14.4. The largest absolute Gasteiger partial charge is 0.332 e. The SMILES string of the molecule is O=C(c1ccc(C2CCCNC2)cc1)N1CCC(F)(F)C1. The molecule has 1 unspecified atom stereocenters. The lowest BCUT2D eigenvalue weighted by atomic mass is 9.91. The van der Waals surface area contributed by atoms with E-state index in [1.54, 1.807) is 12.1 Å². The van der Waals surface area contributed by atoms with Crippen molar-refractivity contribution >= 4 is 5.91 Å². The second-order valence-corrected chi connectivity index (χ2v) is 6.00. The summed E-state index contributed by atoms with van der Waals surface area (Å²) in [7, 11) is 0. The highest BCUT2D eigenvalue weighted by molar-refractivity contribution is 5.94. The molecule has 2 fully saturated rings. The van der Waals surface area contributed by atoms with E-state index in [0.717, 1.165) is 25.9 Å². The molecule has 114 valence electrons. The normalized spacial score (nSPS) is 25.0. The maximum absolute atomic E-state index is 13.2. The molecule has 1 aromatic rings. The number of amides is 1. The van der Waals surface area contributed by atoms with Crippen molar-refractivity contribution in [2.45, 2.75) is 31.1 Å². The maximum atomic E-state index is 13.2. The monoisotopic (exact) mass is 294 g/mol. The summed E-state index contributed by atoms with van der Waals surface area (Å²) in [4.78, 5) is 13.4. The van der Waals surface area contributed by atoms with Crippen molar-refractivity contribution in [2.75, 3.05) is 26.2 Å². The molecule has 0 spiro atoms. The summed E-state index contributed by atoms with van der Waals surface area (Å²) >= 11 is 0. The zero-order chi connectivity index (χ0) is 14.9. The molecular formula is C16H20F2N2O. The number of hydrogen-bond acceptors (Lipinski definition) is 2. The lowest BCUT2D eigenvalue weighted by Crippen LogP contribution is -2.31. The van der Waals surface area contributed by atoms with Gasteiger partial charge in [0.15, 0.2) is 0 Å². The Morgan fingerprint density at radius 1 is 1.29 bits per heavy atom. The van der Waals surface area contributed by atoms with Crippen LogP contribution in [0.2, 0.25) is 0 Å². The average Bonchev–Trinajstić information content (AvgIpc) is 2.88. The first-order valence-corrected chi connectivity index (χ1v) is 7.53. The van der Waals surface area contributed by atoms with Crippen LogP contribution in [-0.2, 0) is 0 Å². The topological polar surface area (TPSA) is 32.3 Å². The van der Waals surface area contributed by atoms with Crippen molar-refractivity contribution < 1.29 is 13.6 Å². The van der Waals surface area contributed by atoms with Gasteiger partial charge in [-0.05, 0) is 43.0 Å². The van der Waals surface area contributed by atoms with Crippen LogP contribution in [0.1, 0.15) is 41.1 Å². The summed E-state index contributed by atoms with van der Waals surface area (Å²) in [6.07, 6.45) is 2.08. The molecule has 3 rings (SSSR count). The van der Waals surface area contributed by atoms with E-state index in [1.165, 1.54) is 10.5 Å². The van der Waals surface area contributed by atoms with E-state index in [9.17, 15) is 13.6 Å². The van der Waals surface area contributed by atoms with Gasteiger partial charge >= 0.3 is 0 Å². The highest BCUT2D eigenvalue weighted by Crippen LogP contribution is 2.28. The van der Waals surface area contributed by atoms with E-state index in [0.29, 0.717) is 11.5 Å². The fourth-order valence-electron chi connectivity index (χ4n) is 3.13. The summed E-state index contributed by atoms with van der Waals surface area (Å²) in [5, 5.41) is 3.37. The van der Waals surface area contributed by atoms with Gasteiger partial charge in [0.25, 0.3) is 11.8 Å². The van der Waals surface area contributed by atoms with Gasteiger partial charge in [-0.15, -0.1) is 0 Å². The second kappa shape index (κ2) is 5.72. The van der Waals surface area contributed by atoms with E-state index >= 15 is 0 Å². The number of benzene rings is 1. The minimum absolute atomic E-state index is 0.139. The number of carbonyl (C=O) groups excluding carboxylic acids is 1. The summed E-state index contributed by atoms with van der Waals surface area (Å²) in [6, 6.07) is 7.45. The van der Waals surface area contributed by atoms with Gasteiger partial charge < -0.3 is 10.2 Å². The van der Waals surface area contributed by atoms with Crippen LogP contribution < -0.4 is 5.32 Å². The quantitative estimate of drug-likeness (QED) is 0.909. The van der Waals surface area contributed by atoms with Crippen LogP contribution in [-0.4, -0.2) is 42.9 Å². The van der Waals surface area contributed by atoms with Crippen LogP contribution in [0.4, 0.5) is 8.78 Å². The highest BCUT2D eigenvalue weighted by atomic mass is 19.3. The number of nitrogens with zero attached hydrogens (tertiary/aromatic N) is 1. The van der Waals surface area contributed by atoms with Gasteiger partial charge in [-0.25, -0.2) is 8.78 Å². The predicted octanol–water partition coefficient (Wildman–Crippen LogP) is 2.63. The third kappa shape index (κ3) is 3.23. The first-order chi connectivity index (χ1) is 10.1. The fraction of sp³-hybridized carbons (Fsp3) is 0.562. The van der Waals surface area contributed by atoms with Crippen LogP contribution in [0.15, 0.2) is 24.3 Å². The van der Waals surface area contributed by atoms with Crippen molar-refractivity contribution in [2.24, 2.45) is 0 Å². The maximum Gasteiger partial charge on any atom is 0.267 e. The molecule has 1 atom stereocenters. The molecule has 0 saturated carbocycles. The zero-order valence-corrected chi connectivity index (χ0v) is 11.9. The minimum Gasteiger partial charge on any atom is -0.332 e. The molecule has 2 aliphatic rings. The van der Waals surface area contributed by atoms with Crippen LogP contribution in [0.3, 0.4) is 0 Å². The second-order valence-electron chi connectivity index (χ2n) is 6.00. The van der Waals surface area contributed by atoms with Crippen molar-refractivity contribution in [3.05, 3.63) is 35.4 Å². The number of piperidine rings is 1. The van der Waals surface area contributed by atoms with Crippen molar-refractivity contribution in [3.63, 3.8) is 0 Å². The van der Waals surface area contributed by atoms with Crippen LogP contribution in [0.5, 0.6) is 0 Å². The van der Waals surface area contributed by atoms with Crippen LogP contribution >= 0.6 is 0 Å². The predicted molar refractivity (Wildman–Crippen MR) is 76.8 cm³/mol. The number of hydrogen-bond donors (Lipinski definition) is 1. The minimum atomic E-state index is -2.73. The third-order valence-corrected chi connectivity index (χ3v) is 4.38. The lowest BCUT2D eigenvalue weighted by Gasteiger charge is -2.23. The molecule has 1 N–H and O–H groups in total. The number of carbonyl (C=O) groups is 1. The molecule has 1 aromatic carbocycles. The zero-order valence-electron chi connectivity index (χ0n) is 11.9.